The summed E-state index contributed by atoms with van der Waals surface area (Å²) in [6, 6.07) is 2.19. The third-order valence-corrected chi connectivity index (χ3v) is 8.37. The number of nitrogens with zero attached hydrogens (tertiary/aromatic N) is 1. The molecule has 0 spiro atoms. The van der Waals surface area contributed by atoms with Crippen molar-refractivity contribution in [1.82, 2.24) is 9.03 Å². The van der Waals surface area contributed by atoms with Crippen LogP contribution in [0.1, 0.15) is 48.9 Å². The minimum atomic E-state index is -4.03. The van der Waals surface area contributed by atoms with Crippen LogP contribution < -0.4 is 9.46 Å². The van der Waals surface area contributed by atoms with E-state index in [2.05, 4.69) is 0 Å². The van der Waals surface area contributed by atoms with Gasteiger partial charge in [-0.05, 0) is 62.3 Å². The fourth-order valence-electron chi connectivity index (χ4n) is 5.77. The highest BCUT2D eigenvalue weighted by Gasteiger charge is 2.51. The molecule has 1 amide bonds. The Morgan fingerprint density at radius 1 is 1.21 bits per heavy atom. The maximum absolute atomic E-state index is 14.5. The molecule has 0 radical (unpaired) electrons. The molecule has 1 aromatic carbocycles. The predicted octanol–water partition coefficient (Wildman–Crippen LogP) is 3.61. The van der Waals surface area contributed by atoms with Crippen LogP contribution in [-0.2, 0) is 10.2 Å². The van der Waals surface area contributed by atoms with Crippen molar-refractivity contribution < 1.29 is 22.3 Å². The van der Waals surface area contributed by atoms with Crippen LogP contribution in [0.2, 0.25) is 5.02 Å². The normalized spacial score (nSPS) is 30.6. The molecule has 5 rings (SSSR count). The molecule has 4 saturated carbocycles. The van der Waals surface area contributed by atoms with Crippen LogP contribution in [0.3, 0.4) is 0 Å². The second-order valence-corrected chi connectivity index (χ2v) is 11.5. The van der Waals surface area contributed by atoms with Gasteiger partial charge in [0.25, 0.3) is 5.91 Å². The second kappa shape index (κ2) is 7.39. The summed E-state index contributed by atoms with van der Waals surface area (Å²) in [6.45, 7) is 0.496. The fourth-order valence-corrected chi connectivity index (χ4v) is 6.52. The highest BCUT2D eigenvalue weighted by atomic mass is 35.5. The molecular weight excluding hydrogens is 419 g/mol. The first-order chi connectivity index (χ1) is 13.6. The van der Waals surface area contributed by atoms with Gasteiger partial charge in [-0.15, -0.1) is 0 Å². The molecule has 0 heterocycles. The van der Waals surface area contributed by atoms with Crippen LogP contribution in [0.5, 0.6) is 5.75 Å². The predicted molar refractivity (Wildman–Crippen MR) is 108 cm³/mol. The van der Waals surface area contributed by atoms with E-state index in [0.29, 0.717) is 6.61 Å². The second-order valence-electron chi connectivity index (χ2n) is 9.19. The number of hydrogen-bond acceptors (Lipinski definition) is 4. The largest absolute Gasteiger partial charge is 0.491 e. The third kappa shape index (κ3) is 4.11. The third-order valence-electron chi connectivity index (χ3n) is 6.67. The number of halogens is 2. The molecule has 6 nitrogen and oxygen atoms in total. The average molecular weight is 445 g/mol. The molecule has 1 aromatic rings. The Bertz CT molecular complexity index is 899. The minimum absolute atomic E-state index is 0.0866. The van der Waals surface area contributed by atoms with Crippen molar-refractivity contribution >= 4 is 27.7 Å². The Hall–Kier alpha value is -1.38. The van der Waals surface area contributed by atoms with Crippen LogP contribution in [0.25, 0.3) is 0 Å². The molecule has 0 aromatic heterocycles. The Balaban J connectivity index is 1.47. The number of ether oxygens (including phenoxy) is 1. The first-order valence-electron chi connectivity index (χ1n) is 9.93. The Kier molecular flexibility index (Phi) is 5.32. The highest BCUT2D eigenvalue weighted by Crippen LogP contribution is 2.60. The lowest BCUT2D eigenvalue weighted by Crippen LogP contribution is -2.48. The molecule has 0 atom stereocenters. The van der Waals surface area contributed by atoms with Gasteiger partial charge in [0, 0.05) is 25.6 Å². The summed E-state index contributed by atoms with van der Waals surface area (Å²) in [7, 11) is -1.50. The molecule has 160 valence electrons. The molecule has 29 heavy (non-hydrogen) atoms. The number of hydrogen-bond donors (Lipinski definition) is 1. The van der Waals surface area contributed by atoms with E-state index < -0.39 is 27.5 Å². The van der Waals surface area contributed by atoms with Gasteiger partial charge in [0.1, 0.15) is 11.6 Å². The molecule has 0 unspecified atom stereocenters. The Morgan fingerprint density at radius 3 is 2.28 bits per heavy atom. The maximum atomic E-state index is 14.5. The van der Waals surface area contributed by atoms with Crippen molar-refractivity contribution in [2.45, 2.75) is 38.5 Å². The number of rotatable bonds is 6. The topological polar surface area (TPSA) is 75.7 Å². The summed E-state index contributed by atoms with van der Waals surface area (Å²) >= 11 is 6.23. The van der Waals surface area contributed by atoms with Gasteiger partial charge < -0.3 is 4.74 Å². The van der Waals surface area contributed by atoms with Gasteiger partial charge in [-0.3, -0.25) is 4.79 Å². The number of nitrogens with one attached hydrogen (secondary N) is 1. The van der Waals surface area contributed by atoms with Crippen LogP contribution in [0.15, 0.2) is 12.1 Å². The zero-order valence-corrected chi connectivity index (χ0v) is 18.2. The standard InChI is InChI=1S/C20H26ClFN2O4S/c1-24(2)29(26,27)23-19(25)15-6-16(21)18(7-17(15)22)28-11-20-8-12-3-13(9-20)5-14(4-12)10-20/h6-7,12-14H,3-5,8-11H2,1-2H3,(H,23,25). The molecular formula is C20H26ClFN2O4S. The fraction of sp³-hybridized carbons (Fsp3) is 0.650. The summed E-state index contributed by atoms with van der Waals surface area (Å²) in [5, 5.41) is 0.0866. The van der Waals surface area contributed by atoms with Gasteiger partial charge in [-0.2, -0.15) is 12.7 Å². The summed E-state index contributed by atoms with van der Waals surface area (Å²) in [6.07, 6.45) is 7.45. The molecule has 0 saturated heterocycles. The van der Waals surface area contributed by atoms with Crippen molar-refractivity contribution in [1.29, 1.82) is 0 Å². The first-order valence-corrected chi connectivity index (χ1v) is 11.8. The van der Waals surface area contributed by atoms with E-state index >= 15 is 0 Å². The lowest BCUT2D eigenvalue weighted by molar-refractivity contribution is -0.0745. The van der Waals surface area contributed by atoms with Gasteiger partial charge in [0.05, 0.1) is 17.2 Å². The number of carbonyl (C=O) groups is 1. The Morgan fingerprint density at radius 2 is 1.76 bits per heavy atom. The van der Waals surface area contributed by atoms with Crippen LogP contribution in [0, 0.1) is 29.0 Å². The molecule has 9 heteroatoms. The van der Waals surface area contributed by atoms with Crippen LogP contribution >= 0.6 is 11.6 Å². The van der Waals surface area contributed by atoms with E-state index in [1.165, 1.54) is 33.4 Å². The van der Waals surface area contributed by atoms with E-state index in [1.54, 1.807) is 4.72 Å². The summed E-state index contributed by atoms with van der Waals surface area (Å²) in [4.78, 5) is 12.2. The van der Waals surface area contributed by atoms with Crippen LogP contribution in [-0.4, -0.2) is 39.3 Å². The highest BCUT2D eigenvalue weighted by molar-refractivity contribution is 7.87. The quantitative estimate of drug-likeness (QED) is 0.727. The van der Waals surface area contributed by atoms with Gasteiger partial charge in [0.15, 0.2) is 0 Å². The van der Waals surface area contributed by atoms with Crippen molar-refractivity contribution in [2.75, 3.05) is 20.7 Å². The van der Waals surface area contributed by atoms with Crippen molar-refractivity contribution in [3.63, 3.8) is 0 Å². The summed E-state index contributed by atoms with van der Waals surface area (Å²) in [5.74, 6) is 0.573. The summed E-state index contributed by atoms with van der Waals surface area (Å²) < 4.78 is 46.7. The van der Waals surface area contributed by atoms with E-state index in [-0.39, 0.29) is 16.2 Å². The molecule has 4 aliphatic carbocycles. The van der Waals surface area contributed by atoms with Crippen molar-refractivity contribution in [2.24, 2.45) is 23.2 Å². The smallest absolute Gasteiger partial charge is 0.303 e. The number of amides is 1. The maximum Gasteiger partial charge on any atom is 0.303 e. The first kappa shape index (κ1) is 20.9. The SMILES string of the molecule is CN(C)S(=O)(=O)NC(=O)c1cc(Cl)c(OCC23CC4CC(CC(C4)C2)C3)cc1F. The molecule has 1 N–H and O–H groups in total. The lowest BCUT2D eigenvalue weighted by atomic mass is 9.50. The van der Waals surface area contributed by atoms with Crippen LogP contribution in [0.4, 0.5) is 4.39 Å². The van der Waals surface area contributed by atoms with Gasteiger partial charge in [0.2, 0.25) is 0 Å². The minimum Gasteiger partial charge on any atom is -0.491 e. The summed E-state index contributed by atoms with van der Waals surface area (Å²) in [5.41, 5.74) is -0.299. The van der Waals surface area contributed by atoms with Gasteiger partial charge in [-0.25, -0.2) is 9.11 Å². The average Bonchev–Trinajstić information content (AvgIpc) is 2.60. The van der Waals surface area contributed by atoms with E-state index in [9.17, 15) is 17.6 Å². The van der Waals surface area contributed by atoms with E-state index in [0.717, 1.165) is 53.5 Å². The van der Waals surface area contributed by atoms with E-state index in [1.807, 2.05) is 0 Å². The van der Waals surface area contributed by atoms with E-state index in [4.69, 9.17) is 16.3 Å². The van der Waals surface area contributed by atoms with Gasteiger partial charge >= 0.3 is 10.2 Å². The molecule has 4 aliphatic rings. The number of carbonyl (C=O) groups excluding carboxylic acids is 1. The van der Waals surface area contributed by atoms with Gasteiger partial charge in [-0.1, -0.05) is 11.6 Å². The zero-order chi connectivity index (χ0) is 21.0. The Labute approximate surface area is 175 Å². The molecule has 4 bridgehead atoms. The molecule has 4 fully saturated rings. The number of benzene rings is 1. The lowest BCUT2D eigenvalue weighted by Gasteiger charge is -2.56. The zero-order valence-electron chi connectivity index (χ0n) is 16.6. The van der Waals surface area contributed by atoms with Crippen molar-refractivity contribution in [3.05, 3.63) is 28.5 Å². The van der Waals surface area contributed by atoms with Crippen molar-refractivity contribution in [3.8, 4) is 5.75 Å². The monoisotopic (exact) mass is 444 g/mol. The molecule has 0 aliphatic heterocycles.